The van der Waals surface area contributed by atoms with Gasteiger partial charge in [0.1, 0.15) is 21.5 Å². The first-order valence-corrected chi connectivity index (χ1v) is 12.1. The molecule has 8 heteroatoms. The first-order chi connectivity index (χ1) is 14.3. The Morgan fingerprint density at radius 2 is 1.90 bits per heavy atom. The maximum atomic E-state index is 14.0. The number of carbonyl (C=O) groups is 1. The summed E-state index contributed by atoms with van der Waals surface area (Å²) < 4.78 is 37.5. The van der Waals surface area contributed by atoms with E-state index >= 15 is 0 Å². The molecule has 1 unspecified atom stereocenters. The number of benzene rings is 1. The van der Waals surface area contributed by atoms with E-state index in [0.717, 1.165) is 16.9 Å². The topological polar surface area (TPSA) is 70.6 Å². The molecule has 2 aliphatic heterocycles. The van der Waals surface area contributed by atoms with Gasteiger partial charge in [0.25, 0.3) is 0 Å². The van der Waals surface area contributed by atoms with Gasteiger partial charge in [-0.2, -0.15) is 0 Å². The number of aryl methyl sites for hydroxylation is 1. The molecule has 1 aromatic heterocycles. The Bertz CT molecular complexity index is 1010. The molecule has 0 spiro atoms. The molecule has 2 fully saturated rings. The van der Waals surface area contributed by atoms with E-state index in [1.54, 1.807) is 6.07 Å². The van der Waals surface area contributed by atoms with Crippen molar-refractivity contribution in [2.45, 2.75) is 25.8 Å². The molecule has 2 aliphatic rings. The van der Waals surface area contributed by atoms with Gasteiger partial charge in [0.05, 0.1) is 17.5 Å². The zero-order valence-electron chi connectivity index (χ0n) is 17.0. The number of aromatic nitrogens is 1. The van der Waals surface area contributed by atoms with Gasteiger partial charge in [-0.05, 0) is 49.1 Å². The van der Waals surface area contributed by atoms with Crippen LogP contribution < -0.4 is 4.90 Å². The number of pyridine rings is 1. The van der Waals surface area contributed by atoms with Crippen LogP contribution in [0.1, 0.15) is 30.0 Å². The highest BCUT2D eigenvalue weighted by atomic mass is 32.2. The minimum atomic E-state index is -3.04. The van der Waals surface area contributed by atoms with E-state index in [1.807, 2.05) is 36.2 Å². The largest absolute Gasteiger partial charge is 0.352 e. The lowest BCUT2D eigenvalue weighted by Gasteiger charge is -2.43. The number of hydrogen-bond acceptors (Lipinski definition) is 5. The van der Waals surface area contributed by atoms with Crippen LogP contribution in [0.2, 0.25) is 0 Å². The molecule has 2 aromatic rings. The van der Waals surface area contributed by atoms with Gasteiger partial charge in [0, 0.05) is 31.7 Å². The Balaban J connectivity index is 1.59. The van der Waals surface area contributed by atoms with Gasteiger partial charge in [-0.25, -0.2) is 17.8 Å². The van der Waals surface area contributed by atoms with Crippen LogP contribution in [0.4, 0.5) is 10.2 Å². The van der Waals surface area contributed by atoms with Crippen molar-refractivity contribution < 1.29 is 17.6 Å². The number of sulfone groups is 1. The molecular formula is C22H26FN3O3S. The van der Waals surface area contributed by atoms with Gasteiger partial charge in [0.2, 0.25) is 5.91 Å². The monoisotopic (exact) mass is 431 g/mol. The molecular weight excluding hydrogens is 405 g/mol. The van der Waals surface area contributed by atoms with Crippen LogP contribution in [-0.2, 0) is 14.6 Å². The lowest BCUT2D eigenvalue weighted by atomic mass is 9.96. The third kappa shape index (κ3) is 4.48. The molecule has 6 nitrogen and oxygen atoms in total. The van der Waals surface area contributed by atoms with Gasteiger partial charge in [-0.1, -0.05) is 18.2 Å². The summed E-state index contributed by atoms with van der Waals surface area (Å²) in [6.07, 6.45) is 2.53. The Labute approximate surface area is 176 Å². The summed E-state index contributed by atoms with van der Waals surface area (Å²) in [6, 6.07) is 10.0. The average molecular weight is 432 g/mol. The number of anilines is 1. The highest BCUT2D eigenvalue weighted by Crippen LogP contribution is 2.32. The fraction of sp³-hybridized carbons (Fsp3) is 0.455. The van der Waals surface area contributed by atoms with E-state index in [0.29, 0.717) is 32.5 Å². The van der Waals surface area contributed by atoms with E-state index in [4.69, 9.17) is 0 Å². The third-order valence-electron chi connectivity index (χ3n) is 6.02. The summed E-state index contributed by atoms with van der Waals surface area (Å²) in [4.78, 5) is 21.8. The van der Waals surface area contributed by atoms with E-state index < -0.39 is 9.84 Å². The standard InChI is InChI=1S/C22H26FN3O3S/c1-16-5-6-21(24-14-16)25-9-10-26(20(15-25)18-3-2-4-19(23)13-18)22(27)17-7-11-30(28,29)12-8-17/h2-6,13-14,17,20H,7-12,15H2,1H3. The van der Waals surface area contributed by atoms with Crippen molar-refractivity contribution in [3.8, 4) is 0 Å². The molecule has 1 amide bonds. The zero-order valence-corrected chi connectivity index (χ0v) is 17.8. The summed E-state index contributed by atoms with van der Waals surface area (Å²) >= 11 is 0. The summed E-state index contributed by atoms with van der Waals surface area (Å²) in [7, 11) is -3.04. The number of amides is 1. The second kappa shape index (κ2) is 8.34. The predicted octanol–water partition coefficient (Wildman–Crippen LogP) is 2.74. The maximum Gasteiger partial charge on any atom is 0.226 e. The summed E-state index contributed by atoms with van der Waals surface area (Å²) in [5.74, 6) is 0.277. The fourth-order valence-corrected chi connectivity index (χ4v) is 5.76. The number of nitrogens with zero attached hydrogens (tertiary/aromatic N) is 3. The minimum absolute atomic E-state index is 0.0318. The van der Waals surface area contributed by atoms with Gasteiger partial charge in [0.15, 0.2) is 0 Å². The molecule has 1 atom stereocenters. The predicted molar refractivity (Wildman–Crippen MR) is 113 cm³/mol. The molecule has 0 aliphatic carbocycles. The van der Waals surface area contributed by atoms with Crippen molar-refractivity contribution >= 4 is 21.6 Å². The van der Waals surface area contributed by atoms with E-state index in [2.05, 4.69) is 9.88 Å². The van der Waals surface area contributed by atoms with Gasteiger partial charge < -0.3 is 9.80 Å². The lowest BCUT2D eigenvalue weighted by Crippen LogP contribution is -2.53. The highest BCUT2D eigenvalue weighted by molar-refractivity contribution is 7.91. The van der Waals surface area contributed by atoms with E-state index in [1.165, 1.54) is 12.1 Å². The molecule has 30 heavy (non-hydrogen) atoms. The number of piperazine rings is 1. The smallest absolute Gasteiger partial charge is 0.226 e. The van der Waals surface area contributed by atoms with Crippen LogP contribution in [0.25, 0.3) is 0 Å². The molecule has 2 saturated heterocycles. The van der Waals surface area contributed by atoms with Crippen molar-refractivity contribution in [1.82, 2.24) is 9.88 Å². The van der Waals surface area contributed by atoms with Crippen molar-refractivity contribution in [2.75, 3.05) is 36.0 Å². The van der Waals surface area contributed by atoms with Crippen molar-refractivity contribution in [1.29, 1.82) is 0 Å². The molecule has 160 valence electrons. The average Bonchev–Trinajstić information content (AvgIpc) is 2.73. The second-order valence-electron chi connectivity index (χ2n) is 8.17. The number of rotatable bonds is 3. The zero-order chi connectivity index (χ0) is 21.3. The van der Waals surface area contributed by atoms with Gasteiger partial charge >= 0.3 is 0 Å². The van der Waals surface area contributed by atoms with Crippen LogP contribution >= 0.6 is 0 Å². The summed E-state index contributed by atoms with van der Waals surface area (Å²) in [6.45, 7) is 3.60. The minimum Gasteiger partial charge on any atom is -0.352 e. The Kier molecular flexibility index (Phi) is 5.77. The molecule has 3 heterocycles. The van der Waals surface area contributed by atoms with Crippen LogP contribution in [0.15, 0.2) is 42.6 Å². The van der Waals surface area contributed by atoms with Gasteiger partial charge in [-0.3, -0.25) is 4.79 Å². The first kappa shape index (κ1) is 20.8. The van der Waals surface area contributed by atoms with Crippen LogP contribution in [0, 0.1) is 18.7 Å². The molecule has 0 N–H and O–H groups in total. The number of hydrogen-bond donors (Lipinski definition) is 0. The molecule has 1 aromatic carbocycles. The van der Waals surface area contributed by atoms with Crippen molar-refractivity contribution in [3.63, 3.8) is 0 Å². The van der Waals surface area contributed by atoms with Crippen molar-refractivity contribution in [3.05, 3.63) is 59.5 Å². The normalized spacial score (nSPS) is 22.1. The lowest BCUT2D eigenvalue weighted by molar-refractivity contribution is -0.138. The first-order valence-electron chi connectivity index (χ1n) is 10.3. The fourth-order valence-electron chi connectivity index (χ4n) is 4.27. The quantitative estimate of drug-likeness (QED) is 0.747. The van der Waals surface area contributed by atoms with E-state index in [-0.39, 0.29) is 35.2 Å². The molecule has 0 saturated carbocycles. The SMILES string of the molecule is Cc1ccc(N2CCN(C(=O)C3CCS(=O)(=O)CC3)C(c3cccc(F)c3)C2)nc1. The Morgan fingerprint density at radius 3 is 2.57 bits per heavy atom. The summed E-state index contributed by atoms with van der Waals surface area (Å²) in [5.41, 5.74) is 1.81. The highest BCUT2D eigenvalue weighted by Gasteiger charge is 2.37. The number of halogens is 1. The summed E-state index contributed by atoms with van der Waals surface area (Å²) in [5, 5.41) is 0. The van der Waals surface area contributed by atoms with Crippen LogP contribution in [0.3, 0.4) is 0 Å². The van der Waals surface area contributed by atoms with Crippen LogP contribution in [0.5, 0.6) is 0 Å². The molecule has 0 bridgehead atoms. The molecule has 4 rings (SSSR count). The number of carbonyl (C=O) groups excluding carboxylic acids is 1. The maximum absolute atomic E-state index is 14.0. The van der Waals surface area contributed by atoms with Crippen LogP contribution in [-0.4, -0.2) is 55.3 Å². The second-order valence-corrected chi connectivity index (χ2v) is 10.5. The Hall–Kier alpha value is -2.48. The van der Waals surface area contributed by atoms with E-state index in [9.17, 15) is 17.6 Å². The third-order valence-corrected chi connectivity index (χ3v) is 7.74. The Morgan fingerprint density at radius 1 is 1.13 bits per heavy atom. The van der Waals surface area contributed by atoms with Crippen molar-refractivity contribution in [2.24, 2.45) is 5.92 Å². The molecule has 0 radical (unpaired) electrons. The van der Waals surface area contributed by atoms with Gasteiger partial charge in [-0.15, -0.1) is 0 Å².